The van der Waals surface area contributed by atoms with E-state index >= 15 is 0 Å². The van der Waals surface area contributed by atoms with Crippen molar-refractivity contribution in [1.82, 2.24) is 10.2 Å². The first-order chi connectivity index (χ1) is 8.08. The summed E-state index contributed by atoms with van der Waals surface area (Å²) in [5.41, 5.74) is 0. The van der Waals surface area contributed by atoms with Crippen molar-refractivity contribution in [2.24, 2.45) is 0 Å². The van der Waals surface area contributed by atoms with Crippen LogP contribution in [0.4, 0.5) is 0 Å². The van der Waals surface area contributed by atoms with Gasteiger partial charge in [-0.05, 0) is 6.92 Å². The Labute approximate surface area is 101 Å². The van der Waals surface area contributed by atoms with Crippen LogP contribution in [0.5, 0.6) is 0 Å². The van der Waals surface area contributed by atoms with Crippen molar-refractivity contribution in [2.75, 3.05) is 32.8 Å². The molecule has 1 unspecified atom stereocenters. The molecule has 98 valence electrons. The van der Waals surface area contributed by atoms with Gasteiger partial charge in [0.2, 0.25) is 5.91 Å². The van der Waals surface area contributed by atoms with Gasteiger partial charge in [-0.15, -0.1) is 0 Å². The monoisotopic (exact) mass is 244 g/mol. The number of hydrogen-bond acceptors (Lipinski definition) is 4. The maximum absolute atomic E-state index is 11.4. The van der Waals surface area contributed by atoms with Gasteiger partial charge in [-0.3, -0.25) is 14.5 Å². The van der Waals surface area contributed by atoms with Crippen molar-refractivity contribution in [3.8, 4) is 0 Å². The van der Waals surface area contributed by atoms with E-state index in [2.05, 4.69) is 10.2 Å². The Morgan fingerprint density at radius 2 is 2.00 bits per heavy atom. The lowest BCUT2D eigenvalue weighted by atomic mass is 10.2. The van der Waals surface area contributed by atoms with Gasteiger partial charge < -0.3 is 15.2 Å². The summed E-state index contributed by atoms with van der Waals surface area (Å²) in [5.74, 6) is -1.14. The Bertz CT molecular complexity index is 264. The molecule has 1 rings (SSSR count). The summed E-state index contributed by atoms with van der Waals surface area (Å²) < 4.78 is 5.23. The second-order valence-electron chi connectivity index (χ2n) is 4.28. The van der Waals surface area contributed by atoms with Crippen LogP contribution in [0.3, 0.4) is 0 Å². The third-order valence-electron chi connectivity index (χ3n) is 2.61. The highest BCUT2D eigenvalue weighted by Gasteiger charge is 2.15. The molecule has 1 amide bonds. The summed E-state index contributed by atoms with van der Waals surface area (Å²) in [5, 5.41) is 11.3. The average Bonchev–Trinajstić information content (AvgIpc) is 2.27. The normalized spacial score (nSPS) is 18.6. The molecule has 0 spiro atoms. The molecule has 1 fully saturated rings. The molecule has 0 aliphatic carbocycles. The van der Waals surface area contributed by atoms with Crippen LogP contribution in [0, 0.1) is 0 Å². The number of aliphatic carboxylic acids is 1. The molecule has 0 aromatic carbocycles. The number of hydrogen-bond donors (Lipinski definition) is 2. The number of carboxylic acids is 1. The molecule has 0 aromatic rings. The number of amides is 1. The smallest absolute Gasteiger partial charge is 0.303 e. The SMILES string of the molecule is CC(CN1CCOCC1)NC(=O)CCC(=O)O. The zero-order chi connectivity index (χ0) is 12.7. The lowest BCUT2D eigenvalue weighted by Crippen LogP contribution is -2.46. The number of nitrogens with zero attached hydrogens (tertiary/aromatic N) is 1. The first-order valence-corrected chi connectivity index (χ1v) is 5.89. The van der Waals surface area contributed by atoms with Gasteiger partial charge in [0.25, 0.3) is 0 Å². The van der Waals surface area contributed by atoms with Crippen molar-refractivity contribution in [1.29, 1.82) is 0 Å². The predicted molar refractivity (Wildman–Crippen MR) is 61.7 cm³/mol. The van der Waals surface area contributed by atoms with Crippen molar-refractivity contribution in [3.63, 3.8) is 0 Å². The van der Waals surface area contributed by atoms with Crippen LogP contribution in [0.2, 0.25) is 0 Å². The summed E-state index contributed by atoms with van der Waals surface area (Å²) >= 11 is 0. The van der Waals surface area contributed by atoms with Crippen LogP contribution >= 0.6 is 0 Å². The largest absolute Gasteiger partial charge is 0.481 e. The van der Waals surface area contributed by atoms with E-state index in [1.165, 1.54) is 0 Å². The van der Waals surface area contributed by atoms with Crippen LogP contribution in [0.1, 0.15) is 19.8 Å². The molecule has 0 radical (unpaired) electrons. The molecule has 2 N–H and O–H groups in total. The van der Waals surface area contributed by atoms with Gasteiger partial charge in [-0.25, -0.2) is 0 Å². The first kappa shape index (κ1) is 13.9. The topological polar surface area (TPSA) is 78.9 Å². The second kappa shape index (κ2) is 7.24. The Hall–Kier alpha value is -1.14. The Kier molecular flexibility index (Phi) is 5.93. The number of carbonyl (C=O) groups excluding carboxylic acids is 1. The van der Waals surface area contributed by atoms with E-state index in [-0.39, 0.29) is 24.8 Å². The van der Waals surface area contributed by atoms with E-state index in [1.807, 2.05) is 6.92 Å². The number of morpholine rings is 1. The summed E-state index contributed by atoms with van der Waals surface area (Å²) in [4.78, 5) is 23.9. The number of carboxylic acid groups (broad SMARTS) is 1. The summed E-state index contributed by atoms with van der Waals surface area (Å²) in [6, 6.07) is 0.0365. The van der Waals surface area contributed by atoms with Gasteiger partial charge in [0.15, 0.2) is 0 Å². The lowest BCUT2D eigenvalue weighted by Gasteiger charge is -2.29. The molecule has 6 nitrogen and oxygen atoms in total. The second-order valence-corrected chi connectivity index (χ2v) is 4.28. The molecule has 1 saturated heterocycles. The molecule has 1 heterocycles. The van der Waals surface area contributed by atoms with Crippen LogP contribution in [0.25, 0.3) is 0 Å². The summed E-state index contributed by atoms with van der Waals surface area (Å²) in [6.45, 7) is 5.94. The van der Waals surface area contributed by atoms with Crippen molar-refractivity contribution >= 4 is 11.9 Å². The quantitative estimate of drug-likeness (QED) is 0.670. The van der Waals surface area contributed by atoms with Gasteiger partial charge in [-0.2, -0.15) is 0 Å². The number of carbonyl (C=O) groups is 2. The molecule has 17 heavy (non-hydrogen) atoms. The third kappa shape index (κ3) is 6.23. The molecular formula is C11H20N2O4. The zero-order valence-electron chi connectivity index (χ0n) is 10.1. The Morgan fingerprint density at radius 3 is 2.59 bits per heavy atom. The minimum absolute atomic E-state index is 0.0365. The zero-order valence-corrected chi connectivity index (χ0v) is 10.1. The summed E-state index contributed by atoms with van der Waals surface area (Å²) in [6.07, 6.45) is -0.0705. The van der Waals surface area contributed by atoms with Crippen LogP contribution in [-0.2, 0) is 14.3 Å². The summed E-state index contributed by atoms with van der Waals surface area (Å²) in [7, 11) is 0. The van der Waals surface area contributed by atoms with Gasteiger partial charge in [0.05, 0.1) is 19.6 Å². The van der Waals surface area contributed by atoms with Crippen LogP contribution in [0.15, 0.2) is 0 Å². The molecule has 0 aromatic heterocycles. The van der Waals surface area contributed by atoms with Crippen LogP contribution < -0.4 is 5.32 Å². The molecular weight excluding hydrogens is 224 g/mol. The maximum atomic E-state index is 11.4. The van der Waals surface area contributed by atoms with E-state index in [4.69, 9.17) is 9.84 Å². The van der Waals surface area contributed by atoms with E-state index in [1.54, 1.807) is 0 Å². The predicted octanol–water partition coefficient (Wildman–Crippen LogP) is -0.312. The maximum Gasteiger partial charge on any atom is 0.303 e. The minimum atomic E-state index is -0.944. The molecule has 1 aliphatic rings. The Balaban J connectivity index is 2.16. The number of nitrogens with one attached hydrogen (secondary N) is 1. The fourth-order valence-corrected chi connectivity index (χ4v) is 1.78. The van der Waals surface area contributed by atoms with Gasteiger partial charge in [-0.1, -0.05) is 0 Å². The molecule has 6 heteroatoms. The number of ether oxygens (including phenoxy) is 1. The van der Waals surface area contributed by atoms with E-state index in [0.717, 1.165) is 32.8 Å². The third-order valence-corrected chi connectivity index (χ3v) is 2.61. The highest BCUT2D eigenvalue weighted by Crippen LogP contribution is 1.99. The highest BCUT2D eigenvalue weighted by molar-refractivity contribution is 5.80. The standard InChI is InChI=1S/C11H20N2O4/c1-9(8-13-4-6-17-7-5-13)12-10(14)2-3-11(15)16/h9H,2-8H2,1H3,(H,12,14)(H,15,16). The van der Waals surface area contributed by atoms with E-state index < -0.39 is 5.97 Å². The lowest BCUT2D eigenvalue weighted by molar-refractivity contribution is -0.138. The molecule has 1 atom stereocenters. The highest BCUT2D eigenvalue weighted by atomic mass is 16.5. The number of rotatable bonds is 6. The fraction of sp³-hybridized carbons (Fsp3) is 0.818. The van der Waals surface area contributed by atoms with E-state index in [0.29, 0.717) is 0 Å². The minimum Gasteiger partial charge on any atom is -0.481 e. The average molecular weight is 244 g/mol. The molecule has 0 saturated carbocycles. The van der Waals surface area contributed by atoms with Crippen molar-refractivity contribution in [3.05, 3.63) is 0 Å². The van der Waals surface area contributed by atoms with Crippen molar-refractivity contribution < 1.29 is 19.4 Å². The van der Waals surface area contributed by atoms with Crippen molar-refractivity contribution in [2.45, 2.75) is 25.8 Å². The van der Waals surface area contributed by atoms with Crippen LogP contribution in [-0.4, -0.2) is 60.8 Å². The Morgan fingerprint density at radius 1 is 1.35 bits per heavy atom. The first-order valence-electron chi connectivity index (χ1n) is 5.89. The van der Waals surface area contributed by atoms with Gasteiger partial charge >= 0.3 is 5.97 Å². The molecule has 1 aliphatic heterocycles. The van der Waals surface area contributed by atoms with Gasteiger partial charge in [0.1, 0.15) is 0 Å². The molecule has 0 bridgehead atoms. The van der Waals surface area contributed by atoms with E-state index in [9.17, 15) is 9.59 Å². The van der Waals surface area contributed by atoms with Gasteiger partial charge in [0, 0.05) is 32.1 Å². The fourth-order valence-electron chi connectivity index (χ4n) is 1.78.